The number of Topliss-reactive ketones (excluding diaryl/α,β-unsaturated/α-hetero) is 1. The van der Waals surface area contributed by atoms with Gasteiger partial charge >= 0.3 is 5.97 Å². The number of methoxy groups -OCH3 is 1. The molecule has 0 aromatic carbocycles. The Morgan fingerprint density at radius 3 is 2.73 bits per heavy atom. The SMILES string of the molecule is COC(=O)/C=C1\CCC2C3CCC4=CC(=O)C=CC4(C)C3C(=O)CC12C. The molecule has 5 atom stereocenters. The molecule has 0 saturated heterocycles. The lowest BCUT2D eigenvalue weighted by Gasteiger charge is -2.55. The molecular formula is C22H26O4. The molecule has 0 aromatic rings. The van der Waals surface area contributed by atoms with Gasteiger partial charge in [0.25, 0.3) is 0 Å². The molecule has 3 fully saturated rings. The smallest absolute Gasteiger partial charge is 0.330 e. The van der Waals surface area contributed by atoms with Crippen LogP contribution in [-0.4, -0.2) is 24.6 Å². The highest BCUT2D eigenvalue weighted by Gasteiger charge is 2.60. The summed E-state index contributed by atoms with van der Waals surface area (Å²) in [5, 5.41) is 0. The molecular weight excluding hydrogens is 328 g/mol. The number of esters is 1. The van der Waals surface area contributed by atoms with Gasteiger partial charge < -0.3 is 4.74 Å². The highest BCUT2D eigenvalue weighted by molar-refractivity contribution is 6.01. The van der Waals surface area contributed by atoms with Crippen LogP contribution in [0.5, 0.6) is 0 Å². The molecule has 26 heavy (non-hydrogen) atoms. The Labute approximate surface area is 154 Å². The lowest BCUT2D eigenvalue weighted by atomic mass is 9.48. The number of carbonyl (C=O) groups excluding carboxylic acids is 3. The minimum absolute atomic E-state index is 0.0354. The van der Waals surface area contributed by atoms with Crippen molar-refractivity contribution in [2.45, 2.75) is 46.0 Å². The van der Waals surface area contributed by atoms with Crippen LogP contribution < -0.4 is 0 Å². The minimum Gasteiger partial charge on any atom is -0.466 e. The van der Waals surface area contributed by atoms with Crippen LogP contribution >= 0.6 is 0 Å². The number of ketones is 2. The van der Waals surface area contributed by atoms with Gasteiger partial charge in [0, 0.05) is 23.8 Å². The fraction of sp³-hybridized carbons (Fsp3) is 0.591. The summed E-state index contributed by atoms with van der Waals surface area (Å²) in [6.07, 6.45) is 11.1. The number of ether oxygens (including phenoxy) is 1. The zero-order chi connectivity index (χ0) is 18.7. The van der Waals surface area contributed by atoms with Gasteiger partial charge in [0.15, 0.2) is 5.78 Å². The molecule has 4 nitrogen and oxygen atoms in total. The van der Waals surface area contributed by atoms with Gasteiger partial charge in [-0.3, -0.25) is 9.59 Å². The van der Waals surface area contributed by atoms with Crippen LogP contribution in [0.3, 0.4) is 0 Å². The average Bonchev–Trinajstić information content (AvgIpc) is 2.91. The van der Waals surface area contributed by atoms with Gasteiger partial charge in [-0.25, -0.2) is 4.79 Å². The zero-order valence-corrected chi connectivity index (χ0v) is 15.7. The Morgan fingerprint density at radius 2 is 2.00 bits per heavy atom. The van der Waals surface area contributed by atoms with Crippen molar-refractivity contribution in [3.63, 3.8) is 0 Å². The molecule has 138 valence electrons. The molecule has 0 N–H and O–H groups in total. The predicted octanol–water partition coefficient (Wildman–Crippen LogP) is 3.57. The summed E-state index contributed by atoms with van der Waals surface area (Å²) in [5.41, 5.74) is 1.62. The van der Waals surface area contributed by atoms with Crippen molar-refractivity contribution in [2.75, 3.05) is 7.11 Å². The van der Waals surface area contributed by atoms with Gasteiger partial charge in [-0.05, 0) is 55.1 Å². The van der Waals surface area contributed by atoms with Crippen molar-refractivity contribution >= 4 is 17.5 Å². The van der Waals surface area contributed by atoms with Crippen LogP contribution in [-0.2, 0) is 19.1 Å². The number of rotatable bonds is 1. The Morgan fingerprint density at radius 1 is 1.23 bits per heavy atom. The molecule has 4 aliphatic rings. The summed E-state index contributed by atoms with van der Waals surface area (Å²) in [6, 6.07) is 0. The number of hydrogen-bond donors (Lipinski definition) is 0. The molecule has 0 heterocycles. The maximum absolute atomic E-state index is 13.3. The first-order chi connectivity index (χ1) is 12.3. The first-order valence-electron chi connectivity index (χ1n) is 9.55. The number of carbonyl (C=O) groups is 3. The Bertz CT molecular complexity index is 786. The normalized spacial score (nSPS) is 42.8. The van der Waals surface area contributed by atoms with Crippen LogP contribution in [0, 0.1) is 28.6 Å². The minimum atomic E-state index is -0.329. The second kappa shape index (κ2) is 5.77. The lowest BCUT2D eigenvalue weighted by Crippen LogP contribution is -2.53. The van der Waals surface area contributed by atoms with E-state index in [-0.39, 0.29) is 34.3 Å². The highest BCUT2D eigenvalue weighted by atomic mass is 16.5. The summed E-state index contributed by atoms with van der Waals surface area (Å²) < 4.78 is 4.82. The molecule has 5 unspecified atom stereocenters. The second-order valence-corrected chi connectivity index (χ2v) is 8.77. The summed E-state index contributed by atoms with van der Waals surface area (Å²) in [4.78, 5) is 36.9. The molecule has 0 aliphatic heterocycles. The quantitative estimate of drug-likeness (QED) is 0.533. The van der Waals surface area contributed by atoms with Gasteiger partial charge in [-0.1, -0.05) is 31.1 Å². The summed E-state index contributed by atoms with van der Waals surface area (Å²) in [7, 11) is 1.39. The largest absolute Gasteiger partial charge is 0.466 e. The molecule has 3 saturated carbocycles. The van der Waals surface area contributed by atoms with E-state index in [9.17, 15) is 14.4 Å². The average molecular weight is 354 g/mol. The molecule has 0 aromatic heterocycles. The topological polar surface area (TPSA) is 60.4 Å². The van der Waals surface area contributed by atoms with Crippen molar-refractivity contribution in [2.24, 2.45) is 28.6 Å². The maximum Gasteiger partial charge on any atom is 0.330 e. The standard InChI is InChI=1S/C22H26O4/c1-21-9-8-15(23)10-13(21)4-6-16-17-7-5-14(11-19(25)26-3)22(17,2)12-18(24)20(16)21/h8-11,16-17,20H,4-7,12H2,1-3H3/b14-11+. The van der Waals surface area contributed by atoms with Crippen molar-refractivity contribution in [3.05, 3.63) is 35.5 Å². The van der Waals surface area contributed by atoms with E-state index < -0.39 is 0 Å². The van der Waals surface area contributed by atoms with Gasteiger partial charge in [-0.15, -0.1) is 0 Å². The van der Waals surface area contributed by atoms with E-state index in [0.29, 0.717) is 18.3 Å². The van der Waals surface area contributed by atoms with E-state index >= 15 is 0 Å². The zero-order valence-electron chi connectivity index (χ0n) is 15.7. The number of fused-ring (bicyclic) bond motifs is 5. The molecule has 0 radical (unpaired) electrons. The van der Waals surface area contributed by atoms with Crippen molar-refractivity contribution in [1.29, 1.82) is 0 Å². The molecule has 4 rings (SSSR count). The van der Waals surface area contributed by atoms with Crippen LogP contribution in [0.2, 0.25) is 0 Å². The first kappa shape index (κ1) is 17.4. The van der Waals surface area contributed by atoms with E-state index in [1.54, 1.807) is 18.2 Å². The number of allylic oxidation sites excluding steroid dienone is 5. The Balaban J connectivity index is 1.72. The van der Waals surface area contributed by atoms with Gasteiger partial charge in [-0.2, -0.15) is 0 Å². The fourth-order valence-corrected chi connectivity index (χ4v) is 6.32. The van der Waals surface area contributed by atoms with Gasteiger partial charge in [0.05, 0.1) is 7.11 Å². The third-order valence-corrected chi connectivity index (χ3v) is 7.60. The van der Waals surface area contributed by atoms with Crippen molar-refractivity contribution in [1.82, 2.24) is 0 Å². The van der Waals surface area contributed by atoms with Gasteiger partial charge in [0.2, 0.25) is 0 Å². The third kappa shape index (κ3) is 2.30. The van der Waals surface area contributed by atoms with E-state index in [2.05, 4.69) is 13.8 Å². The monoisotopic (exact) mass is 354 g/mol. The van der Waals surface area contributed by atoms with Crippen molar-refractivity contribution < 1.29 is 19.1 Å². The van der Waals surface area contributed by atoms with Crippen LogP contribution in [0.25, 0.3) is 0 Å². The van der Waals surface area contributed by atoms with Crippen LogP contribution in [0.4, 0.5) is 0 Å². The molecule has 0 bridgehead atoms. The van der Waals surface area contributed by atoms with Crippen LogP contribution in [0.15, 0.2) is 35.5 Å². The summed E-state index contributed by atoms with van der Waals surface area (Å²) in [5.74, 6) is 0.649. The van der Waals surface area contributed by atoms with Crippen LogP contribution in [0.1, 0.15) is 46.0 Å². The first-order valence-corrected chi connectivity index (χ1v) is 9.55. The Kier molecular flexibility index (Phi) is 3.87. The van der Waals surface area contributed by atoms with E-state index in [0.717, 1.165) is 36.8 Å². The number of hydrogen-bond acceptors (Lipinski definition) is 4. The second-order valence-electron chi connectivity index (χ2n) is 8.77. The molecule has 4 aliphatic carbocycles. The lowest BCUT2D eigenvalue weighted by molar-refractivity contribution is -0.140. The third-order valence-electron chi connectivity index (χ3n) is 7.60. The van der Waals surface area contributed by atoms with Gasteiger partial charge in [0.1, 0.15) is 5.78 Å². The fourth-order valence-electron chi connectivity index (χ4n) is 6.32. The maximum atomic E-state index is 13.3. The van der Waals surface area contributed by atoms with E-state index in [4.69, 9.17) is 4.74 Å². The molecule has 4 heteroatoms. The molecule has 0 amide bonds. The van der Waals surface area contributed by atoms with E-state index in [1.165, 1.54) is 7.11 Å². The highest BCUT2D eigenvalue weighted by Crippen LogP contribution is 2.64. The van der Waals surface area contributed by atoms with E-state index in [1.807, 2.05) is 6.08 Å². The summed E-state index contributed by atoms with van der Waals surface area (Å²) in [6.45, 7) is 4.28. The van der Waals surface area contributed by atoms with Crippen molar-refractivity contribution in [3.8, 4) is 0 Å². The summed E-state index contributed by atoms with van der Waals surface area (Å²) >= 11 is 0. The predicted molar refractivity (Wildman–Crippen MR) is 97.1 cm³/mol. The molecule has 0 spiro atoms. The Hall–Kier alpha value is -1.97.